The lowest BCUT2D eigenvalue weighted by Gasteiger charge is -2.35. The molecular weight excluding hydrogens is 440 g/mol. The van der Waals surface area contributed by atoms with Crippen molar-refractivity contribution in [2.75, 3.05) is 0 Å². The van der Waals surface area contributed by atoms with Crippen LogP contribution in [0.5, 0.6) is 0 Å². The molecule has 172 valence electrons. The summed E-state index contributed by atoms with van der Waals surface area (Å²) in [7, 11) is 0. The average molecular weight is 465 g/mol. The molecule has 7 rings (SSSR count). The minimum Gasteiger partial charge on any atom is -0.292 e. The SMILES string of the molecule is CC1(C)c2cc(-c3ccc(-c4ccccc4)cc3)ccc2-n2c(-c3cncnc3)nc3cccc1c32. The van der Waals surface area contributed by atoms with Gasteiger partial charge in [0.05, 0.1) is 22.3 Å². The predicted molar refractivity (Wildman–Crippen MR) is 145 cm³/mol. The van der Waals surface area contributed by atoms with Crippen molar-refractivity contribution < 1.29 is 0 Å². The number of nitrogens with zero attached hydrogens (tertiary/aromatic N) is 4. The molecule has 0 saturated heterocycles. The molecular formula is C32H24N4. The Morgan fingerprint density at radius 2 is 1.28 bits per heavy atom. The highest BCUT2D eigenvalue weighted by atomic mass is 15.1. The molecule has 4 heteroatoms. The van der Waals surface area contributed by atoms with Gasteiger partial charge in [0.2, 0.25) is 0 Å². The molecule has 4 aromatic carbocycles. The molecule has 0 bridgehead atoms. The second-order valence-electron chi connectivity index (χ2n) is 9.87. The number of imidazole rings is 1. The van der Waals surface area contributed by atoms with Gasteiger partial charge in [-0.2, -0.15) is 0 Å². The highest BCUT2D eigenvalue weighted by Gasteiger charge is 2.36. The zero-order valence-corrected chi connectivity index (χ0v) is 20.2. The Labute approximate surface area is 210 Å². The summed E-state index contributed by atoms with van der Waals surface area (Å²) in [6.07, 6.45) is 5.22. The molecule has 0 amide bonds. The molecule has 0 fully saturated rings. The Morgan fingerprint density at radius 3 is 2.03 bits per heavy atom. The van der Waals surface area contributed by atoms with Crippen molar-refractivity contribution in [3.05, 3.63) is 121 Å². The largest absolute Gasteiger partial charge is 0.292 e. The maximum atomic E-state index is 5.02. The van der Waals surface area contributed by atoms with Crippen LogP contribution in [0.3, 0.4) is 0 Å². The first-order valence-electron chi connectivity index (χ1n) is 12.2. The summed E-state index contributed by atoms with van der Waals surface area (Å²) in [5.74, 6) is 0.870. The Hall–Kier alpha value is -4.57. The molecule has 0 saturated carbocycles. The van der Waals surface area contributed by atoms with Gasteiger partial charge in [-0.1, -0.05) is 86.6 Å². The van der Waals surface area contributed by atoms with Crippen molar-refractivity contribution in [1.82, 2.24) is 19.5 Å². The number of para-hydroxylation sites is 1. The van der Waals surface area contributed by atoms with Crippen molar-refractivity contribution in [2.45, 2.75) is 19.3 Å². The monoisotopic (exact) mass is 464 g/mol. The fraction of sp³-hybridized carbons (Fsp3) is 0.0938. The van der Waals surface area contributed by atoms with Gasteiger partial charge in [0.1, 0.15) is 12.2 Å². The second-order valence-corrected chi connectivity index (χ2v) is 9.87. The van der Waals surface area contributed by atoms with Crippen LogP contribution >= 0.6 is 0 Å². The number of fused-ring (bicyclic) bond motifs is 2. The molecule has 6 aromatic rings. The van der Waals surface area contributed by atoms with Crippen molar-refractivity contribution >= 4 is 11.0 Å². The number of benzene rings is 4. The minimum atomic E-state index is -0.171. The van der Waals surface area contributed by atoms with Crippen LogP contribution in [-0.2, 0) is 5.41 Å². The summed E-state index contributed by atoms with van der Waals surface area (Å²) in [5, 5.41) is 0. The Morgan fingerprint density at radius 1 is 0.611 bits per heavy atom. The van der Waals surface area contributed by atoms with E-state index < -0.39 is 0 Å². The average Bonchev–Trinajstić information content (AvgIpc) is 3.33. The summed E-state index contributed by atoms with van der Waals surface area (Å²) >= 11 is 0. The van der Waals surface area contributed by atoms with Crippen LogP contribution in [-0.4, -0.2) is 19.5 Å². The lowest BCUT2D eigenvalue weighted by molar-refractivity contribution is 0.629. The lowest BCUT2D eigenvalue weighted by Crippen LogP contribution is -2.26. The van der Waals surface area contributed by atoms with Crippen LogP contribution in [0.15, 0.2) is 110 Å². The van der Waals surface area contributed by atoms with Crippen molar-refractivity contribution in [2.24, 2.45) is 0 Å². The van der Waals surface area contributed by atoms with E-state index in [1.165, 1.54) is 33.4 Å². The standard InChI is InChI=1S/C32H24N4/c1-32(2)26-9-6-10-28-30(26)36(31(35-28)25-18-33-20-34-19-25)29-16-15-24(17-27(29)32)23-13-11-22(12-14-23)21-7-4-3-5-8-21/h3-20H,1-2H3. The third-order valence-corrected chi connectivity index (χ3v) is 7.40. The van der Waals surface area contributed by atoms with E-state index in [0.29, 0.717) is 0 Å². The van der Waals surface area contributed by atoms with Crippen LogP contribution in [0.25, 0.3) is 50.4 Å². The van der Waals surface area contributed by atoms with Crippen LogP contribution < -0.4 is 0 Å². The molecule has 3 heterocycles. The summed E-state index contributed by atoms with van der Waals surface area (Å²) < 4.78 is 2.28. The van der Waals surface area contributed by atoms with E-state index in [2.05, 4.69) is 119 Å². The molecule has 4 nitrogen and oxygen atoms in total. The van der Waals surface area contributed by atoms with E-state index >= 15 is 0 Å². The van der Waals surface area contributed by atoms with Crippen molar-refractivity contribution in [3.63, 3.8) is 0 Å². The fourth-order valence-corrected chi connectivity index (χ4v) is 5.52. The first kappa shape index (κ1) is 20.8. The first-order valence-corrected chi connectivity index (χ1v) is 12.2. The highest BCUT2D eigenvalue weighted by Crippen LogP contribution is 2.47. The smallest absolute Gasteiger partial charge is 0.148 e. The Balaban J connectivity index is 1.41. The molecule has 2 aromatic heterocycles. The summed E-state index contributed by atoms with van der Waals surface area (Å²) in [6, 6.07) is 32.6. The first-order chi connectivity index (χ1) is 17.6. The Bertz CT molecular complexity index is 1730. The normalized spacial score (nSPS) is 13.5. The quantitative estimate of drug-likeness (QED) is 0.273. The van der Waals surface area contributed by atoms with Crippen molar-refractivity contribution in [3.8, 4) is 39.3 Å². The van der Waals surface area contributed by atoms with E-state index in [0.717, 1.165) is 28.1 Å². The van der Waals surface area contributed by atoms with Gasteiger partial charge in [-0.15, -0.1) is 0 Å². The zero-order chi connectivity index (χ0) is 24.3. The van der Waals surface area contributed by atoms with Gasteiger partial charge in [0.25, 0.3) is 0 Å². The molecule has 0 unspecified atom stereocenters. The number of rotatable bonds is 3. The molecule has 0 spiro atoms. The minimum absolute atomic E-state index is 0.171. The molecule has 0 aliphatic carbocycles. The van der Waals surface area contributed by atoms with Crippen LogP contribution in [0, 0.1) is 0 Å². The van der Waals surface area contributed by atoms with Crippen LogP contribution in [0.4, 0.5) is 0 Å². The molecule has 1 aliphatic rings. The van der Waals surface area contributed by atoms with E-state index in [9.17, 15) is 0 Å². The van der Waals surface area contributed by atoms with Gasteiger partial charge in [-0.25, -0.2) is 15.0 Å². The molecule has 36 heavy (non-hydrogen) atoms. The van der Waals surface area contributed by atoms with E-state index in [1.54, 1.807) is 6.33 Å². The third kappa shape index (κ3) is 3.04. The van der Waals surface area contributed by atoms with Gasteiger partial charge in [-0.05, 0) is 51.6 Å². The fourth-order valence-electron chi connectivity index (χ4n) is 5.52. The van der Waals surface area contributed by atoms with Gasteiger partial charge in [-0.3, -0.25) is 4.57 Å². The van der Waals surface area contributed by atoms with Crippen LogP contribution in [0.1, 0.15) is 25.0 Å². The Kier molecular flexibility index (Phi) is 4.45. The number of hydrogen-bond donors (Lipinski definition) is 0. The molecule has 0 atom stereocenters. The maximum Gasteiger partial charge on any atom is 0.148 e. The zero-order valence-electron chi connectivity index (χ0n) is 20.2. The van der Waals surface area contributed by atoms with E-state index in [1.807, 2.05) is 12.4 Å². The van der Waals surface area contributed by atoms with Gasteiger partial charge in [0, 0.05) is 17.8 Å². The summed E-state index contributed by atoms with van der Waals surface area (Å²) in [6.45, 7) is 4.62. The topological polar surface area (TPSA) is 43.6 Å². The summed E-state index contributed by atoms with van der Waals surface area (Å²) in [5.41, 5.74) is 11.5. The number of aromatic nitrogens is 4. The van der Waals surface area contributed by atoms with E-state index in [-0.39, 0.29) is 5.41 Å². The highest BCUT2D eigenvalue weighted by molar-refractivity contribution is 5.90. The molecule has 0 N–H and O–H groups in total. The van der Waals surface area contributed by atoms with Crippen LogP contribution in [0.2, 0.25) is 0 Å². The second kappa shape index (κ2) is 7.72. The third-order valence-electron chi connectivity index (χ3n) is 7.40. The van der Waals surface area contributed by atoms with Gasteiger partial charge < -0.3 is 0 Å². The number of hydrogen-bond acceptors (Lipinski definition) is 3. The van der Waals surface area contributed by atoms with Gasteiger partial charge in [0.15, 0.2) is 0 Å². The van der Waals surface area contributed by atoms with Gasteiger partial charge >= 0.3 is 0 Å². The van der Waals surface area contributed by atoms with E-state index in [4.69, 9.17) is 4.98 Å². The maximum absolute atomic E-state index is 5.02. The molecule has 0 radical (unpaired) electrons. The lowest BCUT2D eigenvalue weighted by atomic mass is 9.74. The molecule has 1 aliphatic heterocycles. The van der Waals surface area contributed by atoms with Crippen molar-refractivity contribution in [1.29, 1.82) is 0 Å². The summed E-state index contributed by atoms with van der Waals surface area (Å²) in [4.78, 5) is 13.5. The predicted octanol–water partition coefficient (Wildman–Crippen LogP) is 7.46.